The topological polar surface area (TPSA) is 21.3 Å². The largest absolute Gasteiger partial charge is 0.493 e. The fourth-order valence-electron chi connectivity index (χ4n) is 2.12. The van der Waals surface area contributed by atoms with Gasteiger partial charge in [-0.2, -0.15) is 0 Å². The van der Waals surface area contributed by atoms with E-state index in [1.807, 2.05) is 0 Å². The molecule has 114 valence electrons. The highest BCUT2D eigenvalue weighted by atomic mass is 16.5. The molecule has 3 unspecified atom stereocenters. The summed E-state index contributed by atoms with van der Waals surface area (Å²) >= 11 is 0. The minimum Gasteiger partial charge on any atom is -0.493 e. The number of nitrogens with one attached hydrogen (secondary N) is 1. The summed E-state index contributed by atoms with van der Waals surface area (Å²) in [5, 5.41) is 3.68. The van der Waals surface area contributed by atoms with Gasteiger partial charge in [0.15, 0.2) is 0 Å². The Morgan fingerprint density at radius 3 is 2.10 bits per heavy atom. The number of benzene rings is 1. The van der Waals surface area contributed by atoms with Crippen LogP contribution < -0.4 is 10.1 Å². The van der Waals surface area contributed by atoms with Crippen molar-refractivity contribution in [2.24, 2.45) is 11.8 Å². The molecule has 2 nitrogen and oxygen atoms in total. The van der Waals surface area contributed by atoms with Crippen molar-refractivity contribution in [3.8, 4) is 5.75 Å². The van der Waals surface area contributed by atoms with Crippen LogP contribution in [0.2, 0.25) is 0 Å². The molecule has 0 aliphatic carbocycles. The Kier molecular flexibility index (Phi) is 7.08. The third-order valence-electron chi connectivity index (χ3n) is 3.97. The van der Waals surface area contributed by atoms with Crippen molar-refractivity contribution in [1.82, 2.24) is 5.32 Å². The zero-order chi connectivity index (χ0) is 15.1. The van der Waals surface area contributed by atoms with E-state index in [9.17, 15) is 0 Å². The summed E-state index contributed by atoms with van der Waals surface area (Å²) in [6, 6.07) is 9.38. The van der Waals surface area contributed by atoms with Gasteiger partial charge in [0.1, 0.15) is 5.75 Å². The van der Waals surface area contributed by atoms with E-state index in [4.69, 9.17) is 4.74 Å². The van der Waals surface area contributed by atoms with Crippen LogP contribution in [0.5, 0.6) is 5.75 Å². The van der Waals surface area contributed by atoms with Crippen molar-refractivity contribution in [2.45, 2.75) is 60.0 Å². The van der Waals surface area contributed by atoms with Gasteiger partial charge in [0.25, 0.3) is 0 Å². The van der Waals surface area contributed by atoms with E-state index in [0.717, 1.165) is 12.4 Å². The molecule has 1 rings (SSSR count). The minimum absolute atomic E-state index is 0.373. The highest BCUT2D eigenvalue weighted by molar-refractivity contribution is 5.29. The molecule has 3 atom stereocenters. The average Bonchev–Trinajstić information content (AvgIpc) is 2.44. The summed E-state index contributed by atoms with van der Waals surface area (Å²) in [5.74, 6) is 2.22. The predicted molar refractivity (Wildman–Crippen MR) is 87.2 cm³/mol. The normalized spacial score (nSPS) is 15.9. The quantitative estimate of drug-likeness (QED) is 0.736. The van der Waals surface area contributed by atoms with Crippen molar-refractivity contribution >= 4 is 0 Å². The van der Waals surface area contributed by atoms with Crippen LogP contribution in [0.4, 0.5) is 0 Å². The summed E-state index contributed by atoms with van der Waals surface area (Å²) in [4.78, 5) is 0. The molecule has 20 heavy (non-hydrogen) atoms. The van der Waals surface area contributed by atoms with E-state index in [0.29, 0.717) is 23.9 Å². The third kappa shape index (κ3) is 5.54. The first kappa shape index (κ1) is 17.0. The first-order valence-corrected chi connectivity index (χ1v) is 7.92. The van der Waals surface area contributed by atoms with Gasteiger partial charge in [0.2, 0.25) is 0 Å². The number of hydrogen-bond acceptors (Lipinski definition) is 2. The van der Waals surface area contributed by atoms with E-state index >= 15 is 0 Å². The highest BCUT2D eigenvalue weighted by Crippen LogP contribution is 2.20. The maximum absolute atomic E-state index is 5.72. The summed E-state index contributed by atoms with van der Waals surface area (Å²) < 4.78 is 5.72. The molecule has 0 aromatic heterocycles. The molecule has 0 heterocycles. The van der Waals surface area contributed by atoms with Gasteiger partial charge in [-0.25, -0.2) is 0 Å². The fourth-order valence-corrected chi connectivity index (χ4v) is 2.12. The molecule has 0 saturated heterocycles. The smallest absolute Gasteiger partial charge is 0.119 e. The Morgan fingerprint density at radius 1 is 1.00 bits per heavy atom. The van der Waals surface area contributed by atoms with Crippen LogP contribution in [0.15, 0.2) is 24.3 Å². The Bertz CT molecular complexity index is 372. The standard InChI is InChI=1S/C18H31NO/c1-7-14(4)15(5)19-16(6)17-8-10-18(11-9-17)20-12-13(2)3/h8-11,13-16,19H,7,12H2,1-6H3. The maximum atomic E-state index is 5.72. The second kappa shape index (κ2) is 8.31. The second-order valence-electron chi connectivity index (χ2n) is 6.34. The van der Waals surface area contributed by atoms with Crippen LogP contribution in [0.1, 0.15) is 59.6 Å². The van der Waals surface area contributed by atoms with E-state index in [1.165, 1.54) is 12.0 Å². The van der Waals surface area contributed by atoms with E-state index in [-0.39, 0.29) is 0 Å². The predicted octanol–water partition coefficient (Wildman–Crippen LogP) is 4.81. The van der Waals surface area contributed by atoms with Crippen LogP contribution in [0, 0.1) is 11.8 Å². The van der Waals surface area contributed by atoms with Crippen LogP contribution in [0.3, 0.4) is 0 Å². The minimum atomic E-state index is 0.373. The molecule has 1 aromatic carbocycles. The van der Waals surface area contributed by atoms with Crippen molar-refractivity contribution < 1.29 is 4.74 Å². The van der Waals surface area contributed by atoms with Crippen LogP contribution in [-0.2, 0) is 0 Å². The van der Waals surface area contributed by atoms with E-state index in [2.05, 4.69) is 71.1 Å². The van der Waals surface area contributed by atoms with Gasteiger partial charge in [-0.3, -0.25) is 0 Å². The lowest BCUT2D eigenvalue weighted by Crippen LogP contribution is -2.33. The molecule has 0 aliphatic rings. The van der Waals surface area contributed by atoms with Gasteiger partial charge < -0.3 is 10.1 Å². The molecular formula is C18H31NO. The molecule has 2 heteroatoms. The fraction of sp³-hybridized carbons (Fsp3) is 0.667. The monoisotopic (exact) mass is 277 g/mol. The Labute approximate surface area is 124 Å². The second-order valence-corrected chi connectivity index (χ2v) is 6.34. The molecule has 0 bridgehead atoms. The lowest BCUT2D eigenvalue weighted by Gasteiger charge is -2.25. The first-order chi connectivity index (χ1) is 9.43. The number of ether oxygens (including phenoxy) is 1. The van der Waals surface area contributed by atoms with Crippen LogP contribution >= 0.6 is 0 Å². The van der Waals surface area contributed by atoms with Gasteiger partial charge in [-0.1, -0.05) is 46.2 Å². The number of hydrogen-bond donors (Lipinski definition) is 1. The molecule has 1 aromatic rings. The van der Waals surface area contributed by atoms with Gasteiger partial charge in [-0.15, -0.1) is 0 Å². The van der Waals surface area contributed by atoms with Gasteiger partial charge >= 0.3 is 0 Å². The average molecular weight is 277 g/mol. The highest BCUT2D eigenvalue weighted by Gasteiger charge is 2.14. The molecular weight excluding hydrogens is 246 g/mol. The van der Waals surface area contributed by atoms with Crippen molar-refractivity contribution in [3.05, 3.63) is 29.8 Å². The van der Waals surface area contributed by atoms with E-state index < -0.39 is 0 Å². The lowest BCUT2D eigenvalue weighted by atomic mass is 9.99. The summed E-state index contributed by atoms with van der Waals surface area (Å²) in [6.45, 7) is 14.1. The van der Waals surface area contributed by atoms with E-state index in [1.54, 1.807) is 0 Å². The van der Waals surface area contributed by atoms with Crippen molar-refractivity contribution in [3.63, 3.8) is 0 Å². The molecule has 0 radical (unpaired) electrons. The Balaban J connectivity index is 2.54. The molecule has 0 aliphatic heterocycles. The first-order valence-electron chi connectivity index (χ1n) is 7.92. The molecule has 0 saturated carbocycles. The van der Waals surface area contributed by atoms with Crippen LogP contribution in [0.25, 0.3) is 0 Å². The van der Waals surface area contributed by atoms with Crippen molar-refractivity contribution in [1.29, 1.82) is 0 Å². The molecule has 1 N–H and O–H groups in total. The zero-order valence-electron chi connectivity index (χ0n) is 13.9. The third-order valence-corrected chi connectivity index (χ3v) is 3.97. The number of rotatable bonds is 8. The molecule has 0 spiro atoms. The van der Waals surface area contributed by atoms with Crippen LogP contribution in [-0.4, -0.2) is 12.6 Å². The Morgan fingerprint density at radius 2 is 1.60 bits per heavy atom. The summed E-state index contributed by atoms with van der Waals surface area (Å²) in [5.41, 5.74) is 1.32. The van der Waals surface area contributed by atoms with Gasteiger partial charge in [0.05, 0.1) is 6.61 Å². The van der Waals surface area contributed by atoms with Gasteiger partial charge in [0, 0.05) is 12.1 Å². The lowest BCUT2D eigenvalue weighted by molar-refractivity contribution is 0.271. The summed E-state index contributed by atoms with van der Waals surface area (Å²) in [7, 11) is 0. The SMILES string of the molecule is CCC(C)C(C)NC(C)c1ccc(OCC(C)C)cc1. The van der Waals surface area contributed by atoms with Crippen molar-refractivity contribution in [2.75, 3.05) is 6.61 Å². The van der Waals surface area contributed by atoms with Gasteiger partial charge in [-0.05, 0) is 43.4 Å². The zero-order valence-corrected chi connectivity index (χ0v) is 13.9. The summed E-state index contributed by atoms with van der Waals surface area (Å²) in [6.07, 6.45) is 1.21. The molecule has 0 amide bonds. The maximum Gasteiger partial charge on any atom is 0.119 e. The molecule has 0 fully saturated rings. The Hall–Kier alpha value is -1.02.